The fourth-order valence-electron chi connectivity index (χ4n) is 1.98. The quantitative estimate of drug-likeness (QED) is 0.779. The van der Waals surface area contributed by atoms with E-state index in [-0.39, 0.29) is 18.6 Å². The molecule has 0 aromatic carbocycles. The first-order valence-corrected chi connectivity index (χ1v) is 7.23. The molecular weight excluding hydrogens is 281 g/mol. The van der Waals surface area contributed by atoms with Crippen molar-refractivity contribution in [3.63, 3.8) is 0 Å². The van der Waals surface area contributed by atoms with Crippen molar-refractivity contribution in [3.05, 3.63) is 24.0 Å². The first-order chi connectivity index (χ1) is 9.81. The molecular formula is C15H23F3N2O. The van der Waals surface area contributed by atoms with Crippen molar-refractivity contribution in [1.82, 2.24) is 10.3 Å². The number of ether oxygens (including phenoxy) is 1. The third kappa shape index (κ3) is 7.32. The SMILES string of the molecule is CCCNC(CCC(F)(F)F)c1cncc(OC(C)C)c1. The topological polar surface area (TPSA) is 34.2 Å². The summed E-state index contributed by atoms with van der Waals surface area (Å²) < 4.78 is 42.9. The Morgan fingerprint density at radius 3 is 2.57 bits per heavy atom. The first kappa shape index (κ1) is 17.8. The lowest BCUT2D eigenvalue weighted by molar-refractivity contribution is -0.136. The van der Waals surface area contributed by atoms with E-state index in [1.54, 1.807) is 18.5 Å². The molecule has 0 aliphatic carbocycles. The van der Waals surface area contributed by atoms with Gasteiger partial charge in [0.1, 0.15) is 5.75 Å². The number of alkyl halides is 3. The maximum Gasteiger partial charge on any atom is 0.389 e. The minimum Gasteiger partial charge on any atom is -0.489 e. The van der Waals surface area contributed by atoms with Crippen LogP contribution in [0.2, 0.25) is 0 Å². The molecule has 1 N–H and O–H groups in total. The summed E-state index contributed by atoms with van der Waals surface area (Å²) in [7, 11) is 0. The number of pyridine rings is 1. The van der Waals surface area contributed by atoms with E-state index in [1.807, 2.05) is 20.8 Å². The van der Waals surface area contributed by atoms with Gasteiger partial charge < -0.3 is 10.1 Å². The zero-order chi connectivity index (χ0) is 15.9. The van der Waals surface area contributed by atoms with Crippen molar-refractivity contribution >= 4 is 0 Å². The molecule has 0 amide bonds. The van der Waals surface area contributed by atoms with Gasteiger partial charge in [-0.3, -0.25) is 4.98 Å². The lowest BCUT2D eigenvalue weighted by Gasteiger charge is -2.20. The van der Waals surface area contributed by atoms with Crippen molar-refractivity contribution in [3.8, 4) is 5.75 Å². The van der Waals surface area contributed by atoms with Crippen LogP contribution in [0.1, 0.15) is 51.6 Å². The standard InChI is InChI=1S/C15H23F3N2O/c1-4-7-20-14(5-6-15(16,17)18)12-8-13(10-19-9-12)21-11(2)3/h8-11,14,20H,4-7H2,1-3H3. The number of hydrogen-bond donors (Lipinski definition) is 1. The molecule has 1 atom stereocenters. The Bertz CT molecular complexity index is 422. The molecule has 0 aliphatic heterocycles. The summed E-state index contributed by atoms with van der Waals surface area (Å²) in [4.78, 5) is 4.06. The molecule has 0 saturated heterocycles. The van der Waals surface area contributed by atoms with Gasteiger partial charge in [-0.15, -0.1) is 0 Å². The van der Waals surface area contributed by atoms with Crippen molar-refractivity contribution in [2.75, 3.05) is 6.54 Å². The van der Waals surface area contributed by atoms with Gasteiger partial charge in [0.05, 0.1) is 12.3 Å². The summed E-state index contributed by atoms with van der Waals surface area (Å²) in [6.45, 7) is 6.43. The molecule has 1 aromatic rings. The molecule has 0 radical (unpaired) electrons. The molecule has 0 saturated carbocycles. The van der Waals surface area contributed by atoms with Crippen molar-refractivity contribution in [2.24, 2.45) is 0 Å². The van der Waals surface area contributed by atoms with Gasteiger partial charge in [-0.25, -0.2) is 0 Å². The van der Waals surface area contributed by atoms with Crippen LogP contribution in [0.15, 0.2) is 18.5 Å². The van der Waals surface area contributed by atoms with Crippen LogP contribution in [0.25, 0.3) is 0 Å². The maximum atomic E-state index is 12.4. The average Bonchev–Trinajstić information content (AvgIpc) is 2.37. The largest absolute Gasteiger partial charge is 0.489 e. The molecule has 120 valence electrons. The molecule has 0 bridgehead atoms. The van der Waals surface area contributed by atoms with E-state index in [4.69, 9.17) is 4.74 Å². The van der Waals surface area contributed by atoms with Gasteiger partial charge >= 0.3 is 6.18 Å². The molecule has 1 unspecified atom stereocenters. The second-order valence-corrected chi connectivity index (χ2v) is 5.28. The molecule has 3 nitrogen and oxygen atoms in total. The minimum atomic E-state index is -4.15. The van der Waals surface area contributed by atoms with Crippen molar-refractivity contribution in [2.45, 2.75) is 58.4 Å². The first-order valence-electron chi connectivity index (χ1n) is 7.23. The van der Waals surface area contributed by atoms with E-state index in [0.29, 0.717) is 12.3 Å². The smallest absolute Gasteiger partial charge is 0.389 e. The highest BCUT2D eigenvalue weighted by Crippen LogP contribution is 2.28. The third-order valence-electron chi connectivity index (χ3n) is 2.87. The Morgan fingerprint density at radius 1 is 1.29 bits per heavy atom. The number of halogens is 3. The van der Waals surface area contributed by atoms with Gasteiger partial charge in [-0.2, -0.15) is 13.2 Å². The van der Waals surface area contributed by atoms with Gasteiger partial charge in [0.2, 0.25) is 0 Å². The number of nitrogens with one attached hydrogen (secondary N) is 1. The van der Waals surface area contributed by atoms with Crippen LogP contribution in [0.3, 0.4) is 0 Å². The summed E-state index contributed by atoms with van der Waals surface area (Å²) in [6, 6.07) is 1.39. The molecule has 6 heteroatoms. The highest BCUT2D eigenvalue weighted by atomic mass is 19.4. The molecule has 1 aromatic heterocycles. The lowest BCUT2D eigenvalue weighted by Crippen LogP contribution is -2.24. The lowest BCUT2D eigenvalue weighted by atomic mass is 10.0. The van der Waals surface area contributed by atoms with E-state index in [1.165, 1.54) is 0 Å². The van der Waals surface area contributed by atoms with Crippen LogP contribution in [0, 0.1) is 0 Å². The average molecular weight is 304 g/mol. The zero-order valence-corrected chi connectivity index (χ0v) is 12.7. The third-order valence-corrected chi connectivity index (χ3v) is 2.87. The monoisotopic (exact) mass is 304 g/mol. The van der Waals surface area contributed by atoms with Gasteiger partial charge in [-0.1, -0.05) is 6.92 Å². The van der Waals surface area contributed by atoms with E-state index < -0.39 is 12.6 Å². The summed E-state index contributed by atoms with van der Waals surface area (Å²) in [5.41, 5.74) is 0.728. The summed E-state index contributed by atoms with van der Waals surface area (Å²) in [6.07, 6.45) is -0.940. The number of aromatic nitrogens is 1. The van der Waals surface area contributed by atoms with Crippen LogP contribution in [0.5, 0.6) is 5.75 Å². The highest BCUT2D eigenvalue weighted by molar-refractivity contribution is 5.26. The fraction of sp³-hybridized carbons (Fsp3) is 0.667. The van der Waals surface area contributed by atoms with Crippen LogP contribution < -0.4 is 10.1 Å². The fourth-order valence-corrected chi connectivity index (χ4v) is 1.98. The molecule has 1 heterocycles. The molecule has 0 fully saturated rings. The Kier molecular flexibility index (Phi) is 6.95. The Hall–Kier alpha value is -1.30. The van der Waals surface area contributed by atoms with Gasteiger partial charge in [0.15, 0.2) is 0 Å². The Balaban J connectivity index is 2.81. The van der Waals surface area contributed by atoms with Crippen LogP contribution in [0.4, 0.5) is 13.2 Å². The van der Waals surface area contributed by atoms with Crippen LogP contribution >= 0.6 is 0 Å². The Labute approximate surface area is 123 Å². The van der Waals surface area contributed by atoms with E-state index >= 15 is 0 Å². The molecule has 0 spiro atoms. The van der Waals surface area contributed by atoms with Crippen LogP contribution in [-0.2, 0) is 0 Å². The van der Waals surface area contributed by atoms with E-state index in [9.17, 15) is 13.2 Å². The number of rotatable bonds is 8. The summed E-state index contributed by atoms with van der Waals surface area (Å²) in [5.74, 6) is 0.581. The molecule has 0 aliphatic rings. The summed E-state index contributed by atoms with van der Waals surface area (Å²) in [5, 5.41) is 3.14. The van der Waals surface area contributed by atoms with Gasteiger partial charge in [-0.05, 0) is 44.9 Å². The minimum absolute atomic E-state index is 0.000670. The van der Waals surface area contributed by atoms with E-state index in [0.717, 1.165) is 12.0 Å². The maximum absolute atomic E-state index is 12.4. The number of nitrogens with zero attached hydrogens (tertiary/aromatic N) is 1. The normalized spacial score (nSPS) is 13.5. The van der Waals surface area contributed by atoms with Crippen molar-refractivity contribution in [1.29, 1.82) is 0 Å². The van der Waals surface area contributed by atoms with E-state index in [2.05, 4.69) is 10.3 Å². The van der Waals surface area contributed by atoms with Crippen LogP contribution in [-0.4, -0.2) is 23.8 Å². The van der Waals surface area contributed by atoms with Gasteiger partial charge in [0, 0.05) is 18.7 Å². The zero-order valence-electron chi connectivity index (χ0n) is 12.7. The number of hydrogen-bond acceptors (Lipinski definition) is 3. The predicted octanol–water partition coefficient (Wildman–Crippen LogP) is 4.25. The highest BCUT2D eigenvalue weighted by Gasteiger charge is 2.28. The predicted molar refractivity (Wildman–Crippen MR) is 76.3 cm³/mol. The second kappa shape index (κ2) is 8.22. The molecule has 21 heavy (non-hydrogen) atoms. The summed E-state index contributed by atoms with van der Waals surface area (Å²) >= 11 is 0. The molecule has 1 rings (SSSR count). The van der Waals surface area contributed by atoms with Crippen molar-refractivity contribution < 1.29 is 17.9 Å². The van der Waals surface area contributed by atoms with Gasteiger partial charge in [0.25, 0.3) is 0 Å². The Morgan fingerprint density at radius 2 is 2.00 bits per heavy atom. The second-order valence-electron chi connectivity index (χ2n) is 5.28.